The van der Waals surface area contributed by atoms with Gasteiger partial charge in [-0.25, -0.2) is 0 Å². The molecule has 2 atom stereocenters. The van der Waals surface area contributed by atoms with Crippen LogP contribution in [0.2, 0.25) is 0 Å². The number of hydrogen-bond donors (Lipinski definition) is 1. The average molecular weight is 265 g/mol. The summed E-state index contributed by atoms with van der Waals surface area (Å²) in [6.07, 6.45) is 0.203. The highest BCUT2D eigenvalue weighted by atomic mass is 16.5. The smallest absolute Gasteiger partial charge is 0.102 e. The van der Waals surface area contributed by atoms with Crippen molar-refractivity contribution < 1.29 is 9.47 Å². The highest BCUT2D eigenvalue weighted by Crippen LogP contribution is 2.28. The summed E-state index contributed by atoms with van der Waals surface area (Å²) in [6, 6.07) is 2.10. The summed E-state index contributed by atoms with van der Waals surface area (Å²) in [5, 5.41) is 0. The number of hydrogen-bond acceptors (Lipinski definition) is 5. The van der Waals surface area contributed by atoms with Crippen molar-refractivity contribution in [3.63, 3.8) is 0 Å². The molecular formula is C14H23N3O2. The fraction of sp³-hybridized carbons (Fsp3) is 0.643. The number of anilines is 1. The van der Waals surface area contributed by atoms with Gasteiger partial charge in [0.2, 0.25) is 0 Å². The van der Waals surface area contributed by atoms with Crippen molar-refractivity contribution in [2.45, 2.75) is 32.6 Å². The fourth-order valence-electron chi connectivity index (χ4n) is 2.76. The summed E-state index contributed by atoms with van der Waals surface area (Å²) in [7, 11) is 3.46. The van der Waals surface area contributed by atoms with Gasteiger partial charge in [-0.05, 0) is 19.9 Å². The van der Waals surface area contributed by atoms with Crippen molar-refractivity contribution >= 4 is 5.69 Å². The molecule has 19 heavy (non-hydrogen) atoms. The van der Waals surface area contributed by atoms with Crippen LogP contribution in [-0.2, 0) is 16.0 Å². The highest BCUT2D eigenvalue weighted by molar-refractivity contribution is 5.57. The van der Waals surface area contributed by atoms with E-state index in [2.05, 4.69) is 16.0 Å². The predicted molar refractivity (Wildman–Crippen MR) is 75.4 cm³/mol. The van der Waals surface area contributed by atoms with Crippen LogP contribution in [0, 0.1) is 13.8 Å². The quantitative estimate of drug-likeness (QED) is 0.880. The van der Waals surface area contributed by atoms with E-state index in [9.17, 15) is 0 Å². The Bertz CT molecular complexity index is 439. The Morgan fingerprint density at radius 3 is 2.32 bits per heavy atom. The van der Waals surface area contributed by atoms with Gasteiger partial charge in [0.15, 0.2) is 0 Å². The monoisotopic (exact) mass is 265 g/mol. The Kier molecular flexibility index (Phi) is 4.39. The topological polar surface area (TPSA) is 60.6 Å². The molecule has 0 radical (unpaired) electrons. The molecule has 0 spiro atoms. The third-order valence-electron chi connectivity index (χ3n) is 3.80. The first-order chi connectivity index (χ1) is 9.10. The van der Waals surface area contributed by atoms with Crippen LogP contribution in [0.25, 0.3) is 0 Å². The van der Waals surface area contributed by atoms with Gasteiger partial charge in [-0.2, -0.15) is 0 Å². The Morgan fingerprint density at radius 1 is 1.26 bits per heavy atom. The van der Waals surface area contributed by atoms with Gasteiger partial charge in [0, 0.05) is 56.5 Å². The Hall–Kier alpha value is -1.17. The molecule has 1 aliphatic rings. The van der Waals surface area contributed by atoms with Crippen LogP contribution >= 0.6 is 0 Å². The van der Waals surface area contributed by atoms with E-state index in [4.69, 9.17) is 15.2 Å². The second kappa shape index (κ2) is 5.86. The molecule has 1 saturated heterocycles. The van der Waals surface area contributed by atoms with Crippen molar-refractivity contribution in [3.8, 4) is 0 Å². The lowest BCUT2D eigenvalue weighted by Crippen LogP contribution is -2.27. The Balaban J connectivity index is 2.32. The highest BCUT2D eigenvalue weighted by Gasteiger charge is 2.34. The van der Waals surface area contributed by atoms with Crippen LogP contribution < -0.4 is 10.6 Å². The van der Waals surface area contributed by atoms with Crippen LogP contribution in [0.4, 0.5) is 5.69 Å². The fourth-order valence-corrected chi connectivity index (χ4v) is 2.76. The molecular weight excluding hydrogens is 242 g/mol. The molecule has 2 heterocycles. The summed E-state index contributed by atoms with van der Waals surface area (Å²) in [4.78, 5) is 6.77. The molecule has 1 aromatic rings. The summed E-state index contributed by atoms with van der Waals surface area (Å²) < 4.78 is 11.0. The van der Waals surface area contributed by atoms with Gasteiger partial charge in [-0.3, -0.25) is 4.98 Å². The lowest BCUT2D eigenvalue weighted by Gasteiger charge is -2.23. The molecule has 2 unspecified atom stereocenters. The zero-order chi connectivity index (χ0) is 14.0. The zero-order valence-electron chi connectivity index (χ0n) is 12.1. The van der Waals surface area contributed by atoms with E-state index in [1.54, 1.807) is 14.2 Å². The number of methoxy groups -OCH3 is 2. The maximum atomic E-state index is 5.87. The molecule has 1 aromatic heterocycles. The second-order valence-corrected chi connectivity index (χ2v) is 5.00. The third-order valence-corrected chi connectivity index (χ3v) is 3.80. The van der Waals surface area contributed by atoms with E-state index in [1.807, 2.05) is 13.8 Å². The maximum Gasteiger partial charge on any atom is 0.102 e. The van der Waals surface area contributed by atoms with Crippen molar-refractivity contribution in [1.29, 1.82) is 0 Å². The zero-order valence-corrected chi connectivity index (χ0v) is 12.1. The summed E-state index contributed by atoms with van der Waals surface area (Å²) in [5.41, 5.74) is 10.2. The lowest BCUT2D eigenvalue weighted by atomic mass is 10.1. The first kappa shape index (κ1) is 14.2. The molecule has 5 nitrogen and oxygen atoms in total. The normalized spacial score (nSPS) is 23.1. The lowest BCUT2D eigenvalue weighted by molar-refractivity contribution is -0.00461. The van der Waals surface area contributed by atoms with Crippen molar-refractivity contribution in [3.05, 3.63) is 23.0 Å². The SMILES string of the molecule is COC1CN(c2cc(C)nc(C)c2CN)CC1OC. The van der Waals surface area contributed by atoms with Gasteiger partial charge in [0.1, 0.15) is 12.2 Å². The summed E-state index contributed by atoms with van der Waals surface area (Å²) in [5.74, 6) is 0. The molecule has 106 valence electrons. The van der Waals surface area contributed by atoms with Crippen molar-refractivity contribution in [2.75, 3.05) is 32.2 Å². The van der Waals surface area contributed by atoms with E-state index in [0.717, 1.165) is 35.7 Å². The van der Waals surface area contributed by atoms with E-state index < -0.39 is 0 Å². The summed E-state index contributed by atoms with van der Waals surface area (Å²) in [6.45, 7) is 6.17. The average Bonchev–Trinajstić information content (AvgIpc) is 2.81. The third kappa shape index (κ3) is 2.73. The van der Waals surface area contributed by atoms with Crippen LogP contribution in [0.1, 0.15) is 17.0 Å². The van der Waals surface area contributed by atoms with Crippen LogP contribution in [0.3, 0.4) is 0 Å². The molecule has 0 aliphatic carbocycles. The number of pyridine rings is 1. The second-order valence-electron chi connectivity index (χ2n) is 5.00. The maximum absolute atomic E-state index is 5.87. The van der Waals surface area contributed by atoms with Gasteiger partial charge in [0.25, 0.3) is 0 Å². The van der Waals surface area contributed by atoms with E-state index >= 15 is 0 Å². The van der Waals surface area contributed by atoms with Gasteiger partial charge in [-0.1, -0.05) is 0 Å². The minimum Gasteiger partial charge on any atom is -0.377 e. The van der Waals surface area contributed by atoms with Gasteiger partial charge < -0.3 is 20.1 Å². The summed E-state index contributed by atoms with van der Waals surface area (Å²) >= 11 is 0. The molecule has 1 aliphatic heterocycles. The molecule has 0 saturated carbocycles. The first-order valence-electron chi connectivity index (χ1n) is 6.58. The largest absolute Gasteiger partial charge is 0.377 e. The van der Waals surface area contributed by atoms with Crippen molar-refractivity contribution in [1.82, 2.24) is 4.98 Å². The predicted octanol–water partition coefficient (Wildman–Crippen LogP) is 1.01. The minimum absolute atomic E-state index is 0.101. The molecule has 0 bridgehead atoms. The number of aryl methyl sites for hydroxylation is 2. The Morgan fingerprint density at radius 2 is 1.84 bits per heavy atom. The van der Waals surface area contributed by atoms with Gasteiger partial charge in [0.05, 0.1) is 0 Å². The van der Waals surface area contributed by atoms with E-state index in [1.165, 1.54) is 0 Å². The van der Waals surface area contributed by atoms with E-state index in [-0.39, 0.29) is 12.2 Å². The first-order valence-corrected chi connectivity index (χ1v) is 6.58. The molecule has 0 aromatic carbocycles. The molecule has 2 N–H and O–H groups in total. The number of rotatable bonds is 4. The van der Waals surface area contributed by atoms with Gasteiger partial charge >= 0.3 is 0 Å². The molecule has 5 heteroatoms. The molecule has 0 amide bonds. The van der Waals surface area contributed by atoms with Crippen LogP contribution in [-0.4, -0.2) is 44.5 Å². The number of ether oxygens (including phenoxy) is 2. The standard InChI is InChI=1S/C14H23N3O2/c1-9-5-12(11(6-15)10(2)16-9)17-7-13(18-3)14(8-17)19-4/h5,13-14H,6-8,15H2,1-4H3. The van der Waals surface area contributed by atoms with E-state index in [0.29, 0.717) is 6.54 Å². The Labute approximate surface area is 114 Å². The van der Waals surface area contributed by atoms with Gasteiger partial charge in [-0.15, -0.1) is 0 Å². The minimum atomic E-state index is 0.101. The number of nitrogens with two attached hydrogens (primary N) is 1. The van der Waals surface area contributed by atoms with Crippen LogP contribution in [0.15, 0.2) is 6.07 Å². The molecule has 1 fully saturated rings. The van der Waals surface area contributed by atoms with Crippen LogP contribution in [0.5, 0.6) is 0 Å². The molecule has 2 rings (SSSR count). The van der Waals surface area contributed by atoms with Crippen molar-refractivity contribution in [2.24, 2.45) is 5.73 Å². The number of nitrogens with zero attached hydrogens (tertiary/aromatic N) is 2. The number of aromatic nitrogens is 1.